The predicted molar refractivity (Wildman–Crippen MR) is 106 cm³/mol. The van der Waals surface area contributed by atoms with E-state index < -0.39 is 0 Å². The lowest BCUT2D eigenvalue weighted by molar-refractivity contribution is 0.270. The highest BCUT2D eigenvalue weighted by Gasteiger charge is 2.23. The third-order valence-corrected chi connectivity index (χ3v) is 5.46. The van der Waals surface area contributed by atoms with Crippen molar-refractivity contribution in [3.05, 3.63) is 41.5 Å². The van der Waals surface area contributed by atoms with Crippen molar-refractivity contribution in [1.29, 1.82) is 5.26 Å². The van der Waals surface area contributed by atoms with Crippen molar-refractivity contribution in [2.75, 3.05) is 37.6 Å². The van der Waals surface area contributed by atoms with E-state index in [1.54, 1.807) is 0 Å². The zero-order chi connectivity index (χ0) is 18.3. The molecule has 0 unspecified atom stereocenters. The fourth-order valence-corrected chi connectivity index (χ4v) is 3.93. The summed E-state index contributed by atoms with van der Waals surface area (Å²) in [5.74, 6) is 1.44. The Bertz CT molecular complexity index is 987. The van der Waals surface area contributed by atoms with Crippen LogP contribution in [-0.2, 0) is 0 Å². The Hall–Kier alpha value is -2.58. The molecule has 3 heterocycles. The Morgan fingerprint density at radius 3 is 2.54 bits per heavy atom. The number of hydrogen-bond acceptors (Lipinski definition) is 4. The fourth-order valence-electron chi connectivity index (χ4n) is 3.93. The summed E-state index contributed by atoms with van der Waals surface area (Å²) in [6.45, 7) is 11.8. The number of piperazine rings is 1. The monoisotopic (exact) mass is 347 g/mol. The molecule has 0 N–H and O–H groups in total. The zero-order valence-corrected chi connectivity index (χ0v) is 15.7. The molecule has 0 bridgehead atoms. The highest BCUT2D eigenvalue weighted by Crippen LogP contribution is 2.32. The molecule has 1 saturated heterocycles. The number of benzene rings is 1. The van der Waals surface area contributed by atoms with Crippen molar-refractivity contribution in [1.82, 2.24) is 14.3 Å². The van der Waals surface area contributed by atoms with E-state index in [-0.39, 0.29) is 5.92 Å². The molecular weight excluding hydrogens is 322 g/mol. The third-order valence-electron chi connectivity index (χ3n) is 5.46. The molecular formula is C21H25N5. The number of imidazole rings is 1. The van der Waals surface area contributed by atoms with Crippen LogP contribution in [0.4, 0.5) is 5.82 Å². The summed E-state index contributed by atoms with van der Waals surface area (Å²) < 4.78 is 2.18. The Morgan fingerprint density at radius 1 is 1.15 bits per heavy atom. The molecule has 1 aromatic carbocycles. The van der Waals surface area contributed by atoms with Gasteiger partial charge < -0.3 is 9.80 Å². The van der Waals surface area contributed by atoms with Crippen LogP contribution in [0.15, 0.2) is 30.3 Å². The summed E-state index contributed by atoms with van der Waals surface area (Å²) in [5, 5.41) is 9.83. The summed E-state index contributed by atoms with van der Waals surface area (Å²) in [5.41, 5.74) is 4.59. The molecule has 134 valence electrons. The van der Waals surface area contributed by atoms with Gasteiger partial charge in [0, 0.05) is 26.2 Å². The number of pyridine rings is 1. The lowest BCUT2D eigenvalue weighted by Crippen LogP contribution is -2.46. The van der Waals surface area contributed by atoms with Gasteiger partial charge in [-0.25, -0.2) is 4.98 Å². The smallest absolute Gasteiger partial charge is 0.157 e. The maximum Gasteiger partial charge on any atom is 0.157 e. The van der Waals surface area contributed by atoms with Crippen LogP contribution in [0, 0.1) is 11.3 Å². The molecule has 5 nitrogen and oxygen atoms in total. The van der Waals surface area contributed by atoms with Gasteiger partial charge >= 0.3 is 0 Å². The van der Waals surface area contributed by atoms with Gasteiger partial charge in [-0.2, -0.15) is 5.26 Å². The van der Waals surface area contributed by atoms with Crippen LogP contribution < -0.4 is 4.90 Å². The first-order valence-electron chi connectivity index (χ1n) is 9.45. The van der Waals surface area contributed by atoms with E-state index in [1.807, 2.05) is 18.2 Å². The van der Waals surface area contributed by atoms with Crippen LogP contribution in [0.25, 0.3) is 16.7 Å². The molecule has 5 heteroatoms. The molecule has 0 atom stereocenters. The average molecular weight is 347 g/mol. The van der Waals surface area contributed by atoms with Crippen molar-refractivity contribution in [2.24, 2.45) is 0 Å². The van der Waals surface area contributed by atoms with Gasteiger partial charge in [0.05, 0.1) is 16.6 Å². The minimum absolute atomic E-state index is 0.283. The predicted octanol–water partition coefficient (Wildman–Crippen LogP) is 3.62. The Kier molecular flexibility index (Phi) is 4.29. The SMILES string of the molecule is CCN1CCN(c2cc(C(C)C)c(C#N)c3nc4ccccc4n23)CC1. The number of nitrogens with zero attached hydrogens (tertiary/aromatic N) is 5. The third kappa shape index (κ3) is 2.62. The summed E-state index contributed by atoms with van der Waals surface area (Å²) >= 11 is 0. The largest absolute Gasteiger partial charge is 0.355 e. The second-order valence-electron chi connectivity index (χ2n) is 7.28. The quantitative estimate of drug-likeness (QED) is 0.726. The first kappa shape index (κ1) is 16.9. The molecule has 26 heavy (non-hydrogen) atoms. The Morgan fingerprint density at radius 2 is 1.88 bits per heavy atom. The first-order chi connectivity index (χ1) is 12.6. The molecule has 3 aromatic rings. The molecule has 1 aliphatic rings. The second kappa shape index (κ2) is 6.62. The minimum Gasteiger partial charge on any atom is -0.355 e. The van der Waals surface area contributed by atoms with E-state index in [2.05, 4.69) is 53.2 Å². The summed E-state index contributed by atoms with van der Waals surface area (Å²) in [6, 6.07) is 12.8. The van der Waals surface area contributed by atoms with Crippen LogP contribution in [0.1, 0.15) is 37.8 Å². The maximum atomic E-state index is 9.83. The van der Waals surface area contributed by atoms with Crippen molar-refractivity contribution >= 4 is 22.5 Å². The molecule has 2 aromatic heterocycles. The van der Waals surface area contributed by atoms with Gasteiger partial charge in [-0.05, 0) is 36.2 Å². The fraction of sp³-hybridized carbons (Fsp3) is 0.429. The van der Waals surface area contributed by atoms with Crippen molar-refractivity contribution < 1.29 is 0 Å². The van der Waals surface area contributed by atoms with Crippen LogP contribution >= 0.6 is 0 Å². The number of fused-ring (bicyclic) bond motifs is 3. The van der Waals surface area contributed by atoms with Gasteiger partial charge in [0.25, 0.3) is 0 Å². The van der Waals surface area contributed by atoms with Gasteiger partial charge in [0.15, 0.2) is 5.65 Å². The zero-order valence-electron chi connectivity index (χ0n) is 15.7. The van der Waals surface area contributed by atoms with E-state index in [1.165, 1.54) is 0 Å². The van der Waals surface area contributed by atoms with Gasteiger partial charge in [-0.15, -0.1) is 0 Å². The standard InChI is InChI=1S/C21H25N5/c1-4-24-9-11-25(12-10-24)20-13-16(15(2)3)17(14-22)21-23-18-7-5-6-8-19(18)26(20)21/h5-8,13,15H,4,9-12H2,1-3H3. The number of rotatable bonds is 3. The molecule has 1 fully saturated rings. The van der Waals surface area contributed by atoms with Gasteiger partial charge in [0.2, 0.25) is 0 Å². The number of para-hydroxylation sites is 2. The lowest BCUT2D eigenvalue weighted by Gasteiger charge is -2.36. The summed E-state index contributed by atoms with van der Waals surface area (Å²) in [6.07, 6.45) is 0. The number of hydrogen-bond donors (Lipinski definition) is 0. The Balaban J connectivity index is 1.97. The molecule has 1 aliphatic heterocycles. The van der Waals surface area contributed by atoms with E-state index in [9.17, 15) is 5.26 Å². The number of anilines is 1. The highest BCUT2D eigenvalue weighted by atomic mass is 15.3. The number of aromatic nitrogens is 2. The van der Waals surface area contributed by atoms with Crippen LogP contribution in [0.5, 0.6) is 0 Å². The average Bonchev–Trinajstić information content (AvgIpc) is 3.06. The molecule has 0 amide bonds. The van der Waals surface area contributed by atoms with Crippen LogP contribution in [0.3, 0.4) is 0 Å². The van der Waals surface area contributed by atoms with E-state index >= 15 is 0 Å². The van der Waals surface area contributed by atoms with Gasteiger partial charge in [-0.3, -0.25) is 4.40 Å². The van der Waals surface area contributed by atoms with Crippen molar-refractivity contribution in [3.63, 3.8) is 0 Å². The number of likely N-dealkylation sites (N-methyl/N-ethyl adjacent to an activating group) is 1. The lowest BCUT2D eigenvalue weighted by atomic mass is 9.98. The van der Waals surface area contributed by atoms with Crippen molar-refractivity contribution in [3.8, 4) is 6.07 Å². The molecule has 0 saturated carbocycles. The van der Waals surface area contributed by atoms with E-state index in [0.29, 0.717) is 5.56 Å². The summed E-state index contributed by atoms with van der Waals surface area (Å²) in [7, 11) is 0. The van der Waals surface area contributed by atoms with Crippen LogP contribution in [-0.4, -0.2) is 47.0 Å². The van der Waals surface area contributed by atoms with Crippen molar-refractivity contribution in [2.45, 2.75) is 26.7 Å². The highest BCUT2D eigenvalue weighted by molar-refractivity contribution is 5.85. The molecule has 0 aliphatic carbocycles. The molecule has 4 rings (SSSR count). The van der Waals surface area contributed by atoms with Gasteiger partial charge in [-0.1, -0.05) is 32.9 Å². The Labute approximate surface area is 154 Å². The second-order valence-corrected chi connectivity index (χ2v) is 7.28. The molecule has 0 radical (unpaired) electrons. The number of nitriles is 1. The van der Waals surface area contributed by atoms with Gasteiger partial charge in [0.1, 0.15) is 11.9 Å². The van der Waals surface area contributed by atoms with E-state index in [0.717, 1.165) is 60.8 Å². The van der Waals surface area contributed by atoms with Crippen LogP contribution in [0.2, 0.25) is 0 Å². The van der Waals surface area contributed by atoms with E-state index in [4.69, 9.17) is 4.98 Å². The first-order valence-corrected chi connectivity index (χ1v) is 9.45. The normalized spacial score (nSPS) is 15.9. The summed E-state index contributed by atoms with van der Waals surface area (Å²) in [4.78, 5) is 9.74. The minimum atomic E-state index is 0.283. The topological polar surface area (TPSA) is 47.6 Å². The maximum absolute atomic E-state index is 9.83. The molecule has 0 spiro atoms.